The molecule has 11 heteroatoms. The number of piperazine rings is 1. The molecule has 1 aromatic heterocycles. The lowest BCUT2D eigenvalue weighted by Gasteiger charge is -2.50. The van der Waals surface area contributed by atoms with E-state index < -0.39 is 5.60 Å². The van der Waals surface area contributed by atoms with Gasteiger partial charge in [0.25, 0.3) is 0 Å². The normalized spacial score (nSPS) is 18.2. The van der Waals surface area contributed by atoms with Crippen molar-refractivity contribution in [2.45, 2.75) is 58.3 Å². The van der Waals surface area contributed by atoms with Crippen molar-refractivity contribution >= 4 is 23.6 Å². The zero-order valence-electron chi connectivity index (χ0n) is 28.7. The number of ether oxygens (including phenoxy) is 2. The van der Waals surface area contributed by atoms with E-state index in [9.17, 15) is 10.1 Å². The molecule has 4 heterocycles. The minimum atomic E-state index is -0.446. The molecule has 0 radical (unpaired) electrons. The summed E-state index contributed by atoms with van der Waals surface area (Å²) in [7, 11) is 0. The van der Waals surface area contributed by atoms with E-state index in [4.69, 9.17) is 26.1 Å². The summed E-state index contributed by atoms with van der Waals surface area (Å²) in [6.45, 7) is 18.9. The third kappa shape index (κ3) is 8.03. The maximum Gasteiger partial charge on any atom is 0.410 e. The number of carbonyl (C=O) groups excluding carboxylic acids is 1. The largest absolute Gasteiger partial charge is 0.487 e. The Morgan fingerprint density at radius 1 is 0.958 bits per heavy atom. The van der Waals surface area contributed by atoms with Crippen molar-refractivity contribution in [2.75, 3.05) is 63.8 Å². The Balaban J connectivity index is 0.930. The first-order valence-electron chi connectivity index (χ1n) is 16.8. The molecule has 2 aromatic carbocycles. The number of nitrogens with zero attached hydrogens (tertiary/aromatic N) is 7. The van der Waals surface area contributed by atoms with Gasteiger partial charge >= 0.3 is 6.09 Å². The molecule has 254 valence electrons. The monoisotopic (exact) mass is 671 g/mol. The molecule has 10 nitrogen and oxygen atoms in total. The molecule has 0 N–H and O–H groups in total. The Bertz CT molecular complexity index is 1630. The van der Waals surface area contributed by atoms with Crippen LogP contribution in [0.15, 0.2) is 54.7 Å². The lowest BCUT2D eigenvalue weighted by Crippen LogP contribution is -2.65. The Morgan fingerprint density at radius 3 is 2.33 bits per heavy atom. The summed E-state index contributed by atoms with van der Waals surface area (Å²) in [5.74, 6) is 2.05. The summed E-state index contributed by atoms with van der Waals surface area (Å²) in [6.07, 6.45) is 1.62. The number of halogens is 1. The molecular formula is C37H46ClN7O3. The fourth-order valence-electron chi connectivity index (χ4n) is 6.66. The van der Waals surface area contributed by atoms with Crippen LogP contribution in [0.1, 0.15) is 57.0 Å². The minimum absolute atomic E-state index is 0.196. The number of benzene rings is 2. The second kappa shape index (κ2) is 13.9. The molecule has 0 bridgehead atoms. The number of hydrogen-bond donors (Lipinski definition) is 0. The number of carbonyl (C=O) groups is 1. The van der Waals surface area contributed by atoms with Gasteiger partial charge in [-0.15, -0.1) is 0 Å². The van der Waals surface area contributed by atoms with Gasteiger partial charge in [0.2, 0.25) is 5.95 Å². The summed E-state index contributed by atoms with van der Waals surface area (Å²) >= 11 is 6.28. The second-order valence-electron chi connectivity index (χ2n) is 14.8. The number of rotatable bonds is 9. The molecule has 3 saturated heterocycles. The van der Waals surface area contributed by atoms with E-state index in [0.29, 0.717) is 29.2 Å². The smallest absolute Gasteiger partial charge is 0.410 e. The number of anilines is 1. The number of nitriles is 1. The average Bonchev–Trinajstić information content (AvgIpc) is 3.01. The maximum absolute atomic E-state index is 12.2. The number of hydrogen-bond acceptors (Lipinski definition) is 9. The van der Waals surface area contributed by atoms with Gasteiger partial charge in [0.15, 0.2) is 0 Å². The quantitative estimate of drug-likeness (QED) is 0.289. The van der Waals surface area contributed by atoms with Crippen molar-refractivity contribution in [3.8, 4) is 11.8 Å². The second-order valence-corrected chi connectivity index (χ2v) is 15.2. The number of aromatic nitrogens is 2. The van der Waals surface area contributed by atoms with Crippen LogP contribution in [0.5, 0.6) is 5.75 Å². The van der Waals surface area contributed by atoms with E-state index in [-0.39, 0.29) is 11.5 Å². The summed E-state index contributed by atoms with van der Waals surface area (Å²) in [5.41, 5.74) is 2.70. The highest BCUT2D eigenvalue weighted by molar-refractivity contribution is 6.30. The predicted molar refractivity (Wildman–Crippen MR) is 186 cm³/mol. The zero-order chi connectivity index (χ0) is 34.1. The number of likely N-dealkylation sites (tertiary alicyclic amines) is 2. The van der Waals surface area contributed by atoms with Crippen molar-refractivity contribution in [1.82, 2.24) is 24.7 Å². The summed E-state index contributed by atoms with van der Waals surface area (Å²) in [4.78, 5) is 30.8. The van der Waals surface area contributed by atoms with Crippen LogP contribution in [0.3, 0.4) is 0 Å². The standard InChI is InChI=1S/C37H46ClN7O3/c1-36(2,3)48-35(46)45-21-27(22-45)20-42-23-32(24-42)43-12-14-44(15-13-43)34-40-11-10-31(41-34)25-47-33-8-6-28(7-9-33)37(4,5)29-16-26(19-39)17-30(38)18-29/h6-11,16-18,27,32H,12-15,20-25H2,1-5H3. The average molecular weight is 672 g/mol. The SMILES string of the molecule is CC(C)(C)OC(=O)N1CC(CN2CC(N3CCN(c4nccc(COc5ccc(C(C)(C)c6cc(Cl)cc(C#N)c6)cc5)n4)CC3)C2)C1. The third-order valence-electron chi connectivity index (χ3n) is 9.59. The van der Waals surface area contributed by atoms with E-state index in [1.807, 2.05) is 62.2 Å². The lowest BCUT2D eigenvalue weighted by molar-refractivity contribution is -0.0247. The summed E-state index contributed by atoms with van der Waals surface area (Å²) in [5, 5.41) is 9.93. The Hall–Kier alpha value is -3.91. The first-order chi connectivity index (χ1) is 22.9. The van der Waals surface area contributed by atoms with Gasteiger partial charge in [-0.05, 0) is 68.3 Å². The molecular weight excluding hydrogens is 626 g/mol. The summed E-state index contributed by atoms with van der Waals surface area (Å²) in [6, 6.07) is 18.2. The van der Waals surface area contributed by atoms with Crippen LogP contribution in [-0.4, -0.2) is 101 Å². The topological polar surface area (TPSA) is 98.1 Å². The summed E-state index contributed by atoms with van der Waals surface area (Å²) < 4.78 is 11.6. The fourth-order valence-corrected chi connectivity index (χ4v) is 6.89. The van der Waals surface area contributed by atoms with E-state index in [1.165, 1.54) is 0 Å². The molecule has 0 aliphatic carbocycles. The van der Waals surface area contributed by atoms with Gasteiger partial charge in [0.1, 0.15) is 18.0 Å². The van der Waals surface area contributed by atoms with Crippen LogP contribution in [0, 0.1) is 17.2 Å². The molecule has 0 unspecified atom stereocenters. The predicted octanol–water partition coefficient (Wildman–Crippen LogP) is 5.58. The molecule has 0 spiro atoms. The highest BCUT2D eigenvalue weighted by atomic mass is 35.5. The van der Waals surface area contributed by atoms with Crippen molar-refractivity contribution in [2.24, 2.45) is 5.92 Å². The first-order valence-corrected chi connectivity index (χ1v) is 17.2. The van der Waals surface area contributed by atoms with Crippen LogP contribution >= 0.6 is 11.6 Å². The highest BCUT2D eigenvalue weighted by Gasteiger charge is 2.39. The number of amides is 1. The maximum atomic E-state index is 12.2. The van der Waals surface area contributed by atoms with Gasteiger partial charge < -0.3 is 19.3 Å². The zero-order valence-corrected chi connectivity index (χ0v) is 29.4. The third-order valence-corrected chi connectivity index (χ3v) is 9.81. The fraction of sp³-hybridized carbons (Fsp3) is 0.514. The van der Waals surface area contributed by atoms with Crippen LogP contribution in [0.25, 0.3) is 0 Å². The Kier molecular flexibility index (Phi) is 9.84. The van der Waals surface area contributed by atoms with E-state index in [2.05, 4.69) is 51.7 Å². The van der Waals surface area contributed by atoms with Crippen molar-refractivity contribution in [3.63, 3.8) is 0 Å². The van der Waals surface area contributed by atoms with Gasteiger partial charge in [0, 0.05) is 87.5 Å². The molecule has 0 saturated carbocycles. The minimum Gasteiger partial charge on any atom is -0.487 e. The highest BCUT2D eigenvalue weighted by Crippen LogP contribution is 2.34. The molecule has 1 amide bonds. The Morgan fingerprint density at radius 2 is 1.67 bits per heavy atom. The van der Waals surface area contributed by atoms with Crippen molar-refractivity contribution in [3.05, 3.63) is 82.1 Å². The lowest BCUT2D eigenvalue weighted by atomic mass is 9.78. The van der Waals surface area contributed by atoms with Gasteiger partial charge in [-0.1, -0.05) is 37.6 Å². The van der Waals surface area contributed by atoms with Crippen molar-refractivity contribution < 1.29 is 14.3 Å². The van der Waals surface area contributed by atoms with Gasteiger partial charge in [0.05, 0.1) is 17.3 Å². The molecule has 3 aromatic rings. The molecule has 6 rings (SSSR count). The molecule has 0 atom stereocenters. The van der Waals surface area contributed by atoms with E-state index >= 15 is 0 Å². The van der Waals surface area contributed by atoms with Crippen LogP contribution < -0.4 is 9.64 Å². The van der Waals surface area contributed by atoms with Crippen molar-refractivity contribution in [1.29, 1.82) is 5.26 Å². The van der Waals surface area contributed by atoms with Gasteiger partial charge in [-0.25, -0.2) is 14.8 Å². The molecule has 3 fully saturated rings. The first kappa shape index (κ1) is 34.0. The molecule has 3 aliphatic heterocycles. The molecule has 3 aliphatic rings. The Labute approximate surface area is 289 Å². The van der Waals surface area contributed by atoms with Gasteiger partial charge in [-0.2, -0.15) is 5.26 Å². The van der Waals surface area contributed by atoms with Gasteiger partial charge in [-0.3, -0.25) is 9.80 Å². The van der Waals surface area contributed by atoms with Crippen LogP contribution in [0.2, 0.25) is 5.02 Å². The van der Waals surface area contributed by atoms with Crippen LogP contribution in [-0.2, 0) is 16.8 Å². The van der Waals surface area contributed by atoms with E-state index in [0.717, 1.165) is 87.4 Å². The van der Waals surface area contributed by atoms with Crippen LogP contribution in [0.4, 0.5) is 10.7 Å². The molecule has 48 heavy (non-hydrogen) atoms. The van der Waals surface area contributed by atoms with E-state index in [1.54, 1.807) is 6.07 Å².